The van der Waals surface area contributed by atoms with Crippen molar-refractivity contribution in [3.05, 3.63) is 138 Å². The Kier molecular flexibility index (Phi) is 10.6. The van der Waals surface area contributed by atoms with Gasteiger partial charge in [0.15, 0.2) is 0 Å². The second-order valence-electron chi connectivity index (χ2n) is 10.6. The van der Waals surface area contributed by atoms with Crippen LogP contribution in [0.1, 0.15) is 75.8 Å². The molecular formula is C35H37IrN3-2. The van der Waals surface area contributed by atoms with Crippen LogP contribution in [0.4, 0.5) is 0 Å². The molecule has 5 rings (SSSR count). The SMILES string of the molecule is CC(C)(c1[c-]cccc1)c1ccccn1.CC(C)c1cccc(C(C)C)c1-n1ccnc1-c1[c-]cccc1.[Ir]. The van der Waals surface area contributed by atoms with E-state index in [1.807, 2.05) is 60.9 Å². The number of hydrogen-bond donors (Lipinski definition) is 0. The standard InChI is InChI=1S/C21H23N2.C14H14N.Ir/c1-15(2)18-11-8-12-19(16(3)4)20(18)23-14-13-22-21(23)17-9-6-5-7-10-17;1-14(2,12-8-4-3-5-9-12)13-10-6-7-11-15-13;/h5-9,11-16H,1-4H3;3-8,10-11H,1-2H3;/q2*-1;. The summed E-state index contributed by atoms with van der Waals surface area (Å²) in [6.45, 7) is 13.3. The van der Waals surface area contributed by atoms with Gasteiger partial charge < -0.3 is 4.57 Å². The summed E-state index contributed by atoms with van der Waals surface area (Å²) < 4.78 is 2.22. The fourth-order valence-corrected chi connectivity index (χ4v) is 4.66. The summed E-state index contributed by atoms with van der Waals surface area (Å²) in [7, 11) is 0. The third kappa shape index (κ3) is 7.01. The Hall–Kier alpha value is -3.33. The van der Waals surface area contributed by atoms with E-state index < -0.39 is 0 Å². The first-order chi connectivity index (χ1) is 18.3. The van der Waals surface area contributed by atoms with Crippen LogP contribution in [0.25, 0.3) is 17.1 Å². The fraction of sp³-hybridized carbons (Fsp3) is 0.257. The van der Waals surface area contributed by atoms with E-state index in [0.717, 1.165) is 17.1 Å². The molecule has 0 aliphatic heterocycles. The van der Waals surface area contributed by atoms with Crippen LogP contribution in [0, 0.1) is 12.1 Å². The Labute approximate surface area is 247 Å². The minimum atomic E-state index is -0.0808. The summed E-state index contributed by atoms with van der Waals surface area (Å²) in [5, 5.41) is 0. The van der Waals surface area contributed by atoms with E-state index in [1.54, 1.807) is 0 Å². The summed E-state index contributed by atoms with van der Waals surface area (Å²) >= 11 is 0. The number of rotatable bonds is 6. The maximum absolute atomic E-state index is 4.60. The average molecular weight is 692 g/mol. The molecule has 0 fully saturated rings. The first-order valence-corrected chi connectivity index (χ1v) is 13.3. The van der Waals surface area contributed by atoms with Gasteiger partial charge in [0.2, 0.25) is 0 Å². The van der Waals surface area contributed by atoms with Gasteiger partial charge in [-0.15, -0.1) is 35.9 Å². The molecule has 2 heterocycles. The Balaban J connectivity index is 0.000000228. The summed E-state index contributed by atoms with van der Waals surface area (Å²) in [5.74, 6) is 1.86. The van der Waals surface area contributed by atoms with Gasteiger partial charge in [-0.25, -0.2) is 0 Å². The van der Waals surface area contributed by atoms with Gasteiger partial charge in [-0.05, 0) is 35.1 Å². The molecule has 2 aromatic heterocycles. The number of imidazole rings is 1. The maximum Gasteiger partial charge on any atom is 0.0602 e. The molecule has 0 aliphatic rings. The zero-order valence-electron chi connectivity index (χ0n) is 23.6. The van der Waals surface area contributed by atoms with E-state index in [0.29, 0.717) is 11.8 Å². The second kappa shape index (κ2) is 13.6. The summed E-state index contributed by atoms with van der Waals surface area (Å²) in [5.41, 5.74) is 7.16. The molecule has 0 bridgehead atoms. The van der Waals surface area contributed by atoms with Crippen LogP contribution in [0.5, 0.6) is 0 Å². The van der Waals surface area contributed by atoms with Gasteiger partial charge in [0.25, 0.3) is 0 Å². The summed E-state index contributed by atoms with van der Waals surface area (Å²) in [4.78, 5) is 9.00. The molecule has 3 nitrogen and oxygen atoms in total. The van der Waals surface area contributed by atoms with E-state index in [1.165, 1.54) is 22.4 Å². The molecule has 0 unspecified atom stereocenters. The number of para-hydroxylation sites is 1. The molecule has 39 heavy (non-hydrogen) atoms. The van der Waals surface area contributed by atoms with E-state index in [2.05, 4.69) is 111 Å². The predicted molar refractivity (Wildman–Crippen MR) is 158 cm³/mol. The van der Waals surface area contributed by atoms with Crippen LogP contribution in [-0.4, -0.2) is 14.5 Å². The second-order valence-corrected chi connectivity index (χ2v) is 10.6. The summed E-state index contributed by atoms with van der Waals surface area (Å²) in [6.07, 6.45) is 5.76. The van der Waals surface area contributed by atoms with Crippen molar-refractivity contribution in [3.8, 4) is 17.1 Å². The van der Waals surface area contributed by atoms with Gasteiger partial charge >= 0.3 is 0 Å². The molecule has 0 aliphatic carbocycles. The van der Waals surface area contributed by atoms with Crippen molar-refractivity contribution >= 4 is 0 Å². The zero-order chi connectivity index (χ0) is 27.1. The smallest absolute Gasteiger partial charge is 0.0602 e. The maximum atomic E-state index is 4.60. The molecule has 0 N–H and O–H groups in total. The number of benzene rings is 3. The minimum Gasteiger partial charge on any atom is -0.340 e. The monoisotopic (exact) mass is 692 g/mol. The molecule has 0 saturated carbocycles. The van der Waals surface area contributed by atoms with Crippen molar-refractivity contribution in [2.24, 2.45) is 0 Å². The number of pyridine rings is 1. The molecule has 4 heteroatoms. The normalized spacial score (nSPS) is 11.1. The van der Waals surface area contributed by atoms with E-state index in [4.69, 9.17) is 0 Å². The third-order valence-corrected chi connectivity index (χ3v) is 6.86. The molecule has 0 amide bonds. The Morgan fingerprint density at radius 1 is 0.692 bits per heavy atom. The van der Waals surface area contributed by atoms with Gasteiger partial charge in [0.05, 0.1) is 5.82 Å². The quantitative estimate of drug-likeness (QED) is 0.167. The molecule has 0 spiro atoms. The van der Waals surface area contributed by atoms with E-state index in [-0.39, 0.29) is 25.5 Å². The van der Waals surface area contributed by atoms with Crippen molar-refractivity contribution in [3.63, 3.8) is 0 Å². The fourth-order valence-electron chi connectivity index (χ4n) is 4.66. The number of nitrogens with zero attached hydrogens (tertiary/aromatic N) is 3. The number of aromatic nitrogens is 3. The Morgan fingerprint density at radius 2 is 1.33 bits per heavy atom. The topological polar surface area (TPSA) is 30.7 Å². The van der Waals surface area contributed by atoms with Crippen molar-refractivity contribution in [1.82, 2.24) is 14.5 Å². The molecule has 3 aromatic carbocycles. The largest absolute Gasteiger partial charge is 0.340 e. The Morgan fingerprint density at radius 3 is 1.87 bits per heavy atom. The van der Waals surface area contributed by atoms with Crippen LogP contribution < -0.4 is 0 Å². The van der Waals surface area contributed by atoms with Crippen LogP contribution in [0.2, 0.25) is 0 Å². The zero-order valence-corrected chi connectivity index (χ0v) is 26.0. The van der Waals surface area contributed by atoms with E-state index in [9.17, 15) is 0 Å². The first kappa shape index (κ1) is 30.2. The predicted octanol–water partition coefficient (Wildman–Crippen LogP) is 8.79. The number of hydrogen-bond acceptors (Lipinski definition) is 2. The van der Waals surface area contributed by atoms with Gasteiger partial charge in [0.1, 0.15) is 0 Å². The van der Waals surface area contributed by atoms with Crippen LogP contribution >= 0.6 is 0 Å². The van der Waals surface area contributed by atoms with Crippen LogP contribution in [-0.2, 0) is 25.5 Å². The summed E-state index contributed by atoms with van der Waals surface area (Å²) in [6, 6.07) is 35.3. The van der Waals surface area contributed by atoms with Crippen molar-refractivity contribution in [1.29, 1.82) is 0 Å². The third-order valence-electron chi connectivity index (χ3n) is 6.86. The Bertz CT molecular complexity index is 1360. The van der Waals surface area contributed by atoms with Crippen molar-refractivity contribution in [2.45, 2.75) is 58.8 Å². The molecule has 5 aromatic rings. The first-order valence-electron chi connectivity index (χ1n) is 13.3. The van der Waals surface area contributed by atoms with Gasteiger partial charge in [-0.1, -0.05) is 65.8 Å². The molecular weight excluding hydrogens is 655 g/mol. The van der Waals surface area contributed by atoms with E-state index >= 15 is 0 Å². The molecule has 0 atom stereocenters. The average Bonchev–Trinajstić information content (AvgIpc) is 3.44. The molecule has 1 radical (unpaired) electrons. The van der Waals surface area contributed by atoms with Gasteiger partial charge in [0, 0.05) is 55.5 Å². The van der Waals surface area contributed by atoms with Gasteiger partial charge in [-0.3, -0.25) is 9.97 Å². The van der Waals surface area contributed by atoms with Crippen molar-refractivity contribution in [2.75, 3.05) is 0 Å². The van der Waals surface area contributed by atoms with Crippen LogP contribution in [0.3, 0.4) is 0 Å². The molecule has 0 saturated heterocycles. The minimum absolute atomic E-state index is 0. The molecule has 203 valence electrons. The van der Waals surface area contributed by atoms with Crippen molar-refractivity contribution < 1.29 is 20.1 Å². The van der Waals surface area contributed by atoms with Gasteiger partial charge in [-0.2, -0.15) is 35.9 Å². The van der Waals surface area contributed by atoms with Crippen LogP contribution in [0.15, 0.2) is 104 Å².